The number of hydrogen-bond donors (Lipinski definition) is 1. The Kier molecular flexibility index (Phi) is 6.11. The van der Waals surface area contributed by atoms with Crippen LogP contribution in [0.25, 0.3) is 0 Å². The molecule has 0 bridgehead atoms. The van der Waals surface area contributed by atoms with Crippen molar-refractivity contribution in [1.82, 2.24) is 0 Å². The number of halogens is 4. The van der Waals surface area contributed by atoms with Gasteiger partial charge in [-0.25, -0.2) is 0 Å². The quantitative estimate of drug-likeness (QED) is 0.814. The molecule has 102 valence electrons. The minimum atomic E-state index is -4.27. The lowest BCUT2D eigenvalue weighted by Crippen LogP contribution is -2.26. The second-order valence-corrected chi connectivity index (χ2v) is 4.96. The summed E-state index contributed by atoms with van der Waals surface area (Å²) in [5.74, 6) is 0. The molecule has 0 aromatic heterocycles. The molecule has 2 nitrogen and oxygen atoms in total. The van der Waals surface area contributed by atoms with Crippen LogP contribution in [0, 0.1) is 0 Å². The normalized spacial score (nSPS) is 13.6. The fourth-order valence-electron chi connectivity index (χ4n) is 1.45. The molecule has 0 amide bonds. The van der Waals surface area contributed by atoms with Crippen LogP contribution in [0.4, 0.5) is 13.2 Å². The molecule has 0 fully saturated rings. The number of nitrogens with two attached hydrogens (primary N) is 1. The van der Waals surface area contributed by atoms with Crippen LogP contribution in [0.2, 0.25) is 0 Å². The Morgan fingerprint density at radius 3 is 2.39 bits per heavy atom. The zero-order valence-electron chi connectivity index (χ0n) is 9.71. The van der Waals surface area contributed by atoms with Gasteiger partial charge in [-0.3, -0.25) is 0 Å². The van der Waals surface area contributed by atoms with Crippen molar-refractivity contribution in [2.75, 3.05) is 13.2 Å². The molecular formula is C12H15BrF3NO. The summed E-state index contributed by atoms with van der Waals surface area (Å²) in [4.78, 5) is 0. The summed E-state index contributed by atoms with van der Waals surface area (Å²) in [7, 11) is 0. The van der Waals surface area contributed by atoms with Crippen LogP contribution >= 0.6 is 15.9 Å². The van der Waals surface area contributed by atoms with E-state index in [1.54, 1.807) is 0 Å². The predicted molar refractivity (Wildman–Crippen MR) is 67.3 cm³/mol. The van der Waals surface area contributed by atoms with Gasteiger partial charge in [0, 0.05) is 17.1 Å². The van der Waals surface area contributed by atoms with Gasteiger partial charge in [-0.1, -0.05) is 28.1 Å². The summed E-state index contributed by atoms with van der Waals surface area (Å²) >= 11 is 3.32. The van der Waals surface area contributed by atoms with E-state index in [-0.39, 0.29) is 12.6 Å². The molecule has 1 aromatic rings. The topological polar surface area (TPSA) is 35.2 Å². The Morgan fingerprint density at radius 2 is 1.83 bits per heavy atom. The van der Waals surface area contributed by atoms with Gasteiger partial charge in [0.15, 0.2) is 0 Å². The monoisotopic (exact) mass is 325 g/mol. The summed E-state index contributed by atoms with van der Waals surface area (Å²) in [5, 5.41) is 0. The third-order valence-corrected chi connectivity index (χ3v) is 2.84. The molecule has 0 spiro atoms. The third-order valence-electron chi connectivity index (χ3n) is 2.31. The summed E-state index contributed by atoms with van der Waals surface area (Å²) in [5.41, 5.74) is 6.88. The van der Waals surface area contributed by atoms with E-state index in [0.717, 1.165) is 10.0 Å². The first kappa shape index (κ1) is 15.5. The van der Waals surface area contributed by atoms with Crippen molar-refractivity contribution in [3.05, 3.63) is 34.3 Å². The van der Waals surface area contributed by atoms with Crippen LogP contribution in [-0.2, 0) is 11.2 Å². The Morgan fingerprint density at radius 1 is 1.22 bits per heavy atom. The molecule has 2 N–H and O–H groups in total. The molecule has 0 aliphatic rings. The fraction of sp³-hybridized carbons (Fsp3) is 0.500. The highest BCUT2D eigenvalue weighted by atomic mass is 79.9. The minimum Gasteiger partial charge on any atom is -0.372 e. The lowest BCUT2D eigenvalue weighted by atomic mass is 10.0. The van der Waals surface area contributed by atoms with Gasteiger partial charge < -0.3 is 10.5 Å². The number of ether oxygens (including phenoxy) is 1. The summed E-state index contributed by atoms with van der Waals surface area (Å²) < 4.78 is 40.9. The van der Waals surface area contributed by atoms with Crippen molar-refractivity contribution in [1.29, 1.82) is 0 Å². The van der Waals surface area contributed by atoms with Crippen molar-refractivity contribution >= 4 is 15.9 Å². The molecule has 0 saturated carbocycles. The van der Waals surface area contributed by atoms with Crippen LogP contribution in [-0.4, -0.2) is 25.4 Å². The number of rotatable bonds is 6. The zero-order valence-corrected chi connectivity index (χ0v) is 11.3. The van der Waals surface area contributed by atoms with Crippen LogP contribution in [0.1, 0.15) is 12.0 Å². The SMILES string of the molecule is NC(CCOCC(F)(F)F)Cc1ccc(Br)cc1. The number of alkyl halides is 3. The Balaban J connectivity index is 2.21. The van der Waals surface area contributed by atoms with E-state index < -0.39 is 12.8 Å². The number of hydrogen-bond acceptors (Lipinski definition) is 2. The summed E-state index contributed by atoms with van der Waals surface area (Å²) in [6.07, 6.45) is -3.23. The lowest BCUT2D eigenvalue weighted by Gasteiger charge is -2.13. The molecule has 1 aromatic carbocycles. The second kappa shape index (κ2) is 7.11. The van der Waals surface area contributed by atoms with Gasteiger partial charge in [-0.2, -0.15) is 13.2 Å². The van der Waals surface area contributed by atoms with Gasteiger partial charge >= 0.3 is 6.18 Å². The van der Waals surface area contributed by atoms with Crippen molar-refractivity contribution < 1.29 is 17.9 Å². The van der Waals surface area contributed by atoms with Gasteiger partial charge in [-0.15, -0.1) is 0 Å². The zero-order chi connectivity index (χ0) is 13.6. The van der Waals surface area contributed by atoms with E-state index >= 15 is 0 Å². The first-order valence-corrected chi connectivity index (χ1v) is 6.30. The van der Waals surface area contributed by atoms with Crippen molar-refractivity contribution in [2.24, 2.45) is 5.73 Å². The molecular weight excluding hydrogens is 311 g/mol. The fourth-order valence-corrected chi connectivity index (χ4v) is 1.71. The van der Waals surface area contributed by atoms with Crippen molar-refractivity contribution in [3.8, 4) is 0 Å². The van der Waals surface area contributed by atoms with Crippen molar-refractivity contribution in [3.63, 3.8) is 0 Å². The minimum absolute atomic E-state index is 0.0250. The standard InChI is InChI=1S/C12H15BrF3NO/c13-10-3-1-9(2-4-10)7-11(17)5-6-18-8-12(14,15)16/h1-4,11H,5-8,17H2. The summed E-state index contributed by atoms with van der Waals surface area (Å²) in [6, 6.07) is 7.48. The molecule has 0 aliphatic heterocycles. The third kappa shape index (κ3) is 6.98. The molecule has 0 aliphatic carbocycles. The van der Waals surface area contributed by atoms with E-state index in [4.69, 9.17) is 5.73 Å². The first-order valence-electron chi connectivity index (χ1n) is 5.51. The predicted octanol–water partition coefficient (Wildman–Crippen LogP) is 3.29. The molecule has 6 heteroatoms. The number of benzene rings is 1. The highest BCUT2D eigenvalue weighted by molar-refractivity contribution is 9.10. The van der Waals surface area contributed by atoms with Crippen LogP contribution in [0.15, 0.2) is 28.7 Å². The molecule has 1 atom stereocenters. The average Bonchev–Trinajstić information content (AvgIpc) is 2.26. The van der Waals surface area contributed by atoms with E-state index in [1.165, 1.54) is 0 Å². The Hall–Kier alpha value is -0.590. The molecule has 0 radical (unpaired) electrons. The Bertz CT molecular complexity index is 353. The van der Waals surface area contributed by atoms with Gasteiger partial charge in [0.1, 0.15) is 6.61 Å². The van der Waals surface area contributed by atoms with Gasteiger partial charge in [0.25, 0.3) is 0 Å². The average molecular weight is 326 g/mol. The smallest absolute Gasteiger partial charge is 0.372 e. The molecule has 1 unspecified atom stereocenters. The van der Waals surface area contributed by atoms with E-state index in [1.807, 2.05) is 24.3 Å². The molecule has 18 heavy (non-hydrogen) atoms. The highest BCUT2D eigenvalue weighted by Gasteiger charge is 2.27. The maximum atomic E-state index is 11.8. The Labute approximate surface area is 112 Å². The maximum Gasteiger partial charge on any atom is 0.411 e. The van der Waals surface area contributed by atoms with Crippen molar-refractivity contribution in [2.45, 2.75) is 25.1 Å². The second-order valence-electron chi connectivity index (χ2n) is 4.05. The largest absolute Gasteiger partial charge is 0.411 e. The molecule has 1 rings (SSSR count). The van der Waals surface area contributed by atoms with Crippen LogP contribution in [0.5, 0.6) is 0 Å². The maximum absolute atomic E-state index is 11.8. The van der Waals surface area contributed by atoms with E-state index in [9.17, 15) is 13.2 Å². The lowest BCUT2D eigenvalue weighted by molar-refractivity contribution is -0.174. The van der Waals surface area contributed by atoms with Crippen LogP contribution < -0.4 is 5.73 Å². The molecule has 0 heterocycles. The highest BCUT2D eigenvalue weighted by Crippen LogP contribution is 2.15. The van der Waals surface area contributed by atoms with Gasteiger partial charge in [0.05, 0.1) is 0 Å². The van der Waals surface area contributed by atoms with Crippen LogP contribution in [0.3, 0.4) is 0 Å². The van der Waals surface area contributed by atoms with Gasteiger partial charge in [-0.05, 0) is 30.5 Å². The first-order chi connectivity index (χ1) is 8.37. The summed E-state index contributed by atoms with van der Waals surface area (Å²) in [6.45, 7) is -1.19. The van der Waals surface area contributed by atoms with Gasteiger partial charge in [0.2, 0.25) is 0 Å². The molecule has 0 saturated heterocycles. The van der Waals surface area contributed by atoms with E-state index in [0.29, 0.717) is 12.8 Å². The van der Waals surface area contributed by atoms with E-state index in [2.05, 4.69) is 20.7 Å².